The van der Waals surface area contributed by atoms with Crippen LogP contribution >= 0.6 is 0 Å². The average Bonchev–Trinajstić information content (AvgIpc) is 2.99. The van der Waals surface area contributed by atoms with Gasteiger partial charge in [0.05, 0.1) is 5.69 Å². The van der Waals surface area contributed by atoms with E-state index in [1.807, 2.05) is 44.2 Å². The number of aromatic nitrogens is 1. The molecule has 0 radical (unpaired) electrons. The van der Waals surface area contributed by atoms with Gasteiger partial charge in [0.15, 0.2) is 5.76 Å². The first kappa shape index (κ1) is 17.2. The summed E-state index contributed by atoms with van der Waals surface area (Å²) in [4.78, 5) is 27.3. The van der Waals surface area contributed by atoms with Gasteiger partial charge < -0.3 is 14.7 Å². The largest absolute Gasteiger partial charge is 0.360 e. The predicted molar refractivity (Wildman–Crippen MR) is 94.6 cm³/mol. The zero-order valence-electron chi connectivity index (χ0n) is 14.8. The van der Waals surface area contributed by atoms with E-state index < -0.39 is 6.04 Å². The van der Waals surface area contributed by atoms with Crippen molar-refractivity contribution < 1.29 is 14.1 Å². The molecule has 3 rings (SSSR count). The number of carbonyl (C=O) groups excluding carboxylic acids is 2. The van der Waals surface area contributed by atoms with Crippen LogP contribution in [-0.2, 0) is 4.79 Å². The molecule has 25 heavy (non-hydrogen) atoms. The smallest absolute Gasteiger partial charge is 0.257 e. The lowest BCUT2D eigenvalue weighted by molar-refractivity contribution is -0.121. The van der Waals surface area contributed by atoms with Gasteiger partial charge in [0, 0.05) is 18.2 Å². The van der Waals surface area contributed by atoms with Gasteiger partial charge in [-0.3, -0.25) is 9.59 Å². The highest BCUT2D eigenvalue weighted by Crippen LogP contribution is 2.24. The van der Waals surface area contributed by atoms with Crippen LogP contribution in [0.3, 0.4) is 0 Å². The van der Waals surface area contributed by atoms with Gasteiger partial charge in [-0.2, -0.15) is 0 Å². The molecule has 2 heterocycles. The number of nitrogens with one attached hydrogen (secondary N) is 1. The Hall–Kier alpha value is -2.63. The van der Waals surface area contributed by atoms with Crippen molar-refractivity contribution >= 4 is 17.5 Å². The molecule has 1 aliphatic heterocycles. The molecule has 0 unspecified atom stereocenters. The topological polar surface area (TPSA) is 75.4 Å². The van der Waals surface area contributed by atoms with E-state index in [0.717, 1.165) is 12.1 Å². The number of hydrogen-bond acceptors (Lipinski definition) is 4. The summed E-state index contributed by atoms with van der Waals surface area (Å²) in [5.74, 6) is 0.227. The van der Waals surface area contributed by atoms with E-state index in [9.17, 15) is 9.59 Å². The number of nitrogens with zero attached hydrogens (tertiary/aromatic N) is 2. The lowest BCUT2D eigenvalue weighted by atomic mass is 10.0. The highest BCUT2D eigenvalue weighted by molar-refractivity contribution is 6.03. The quantitative estimate of drug-likeness (QED) is 0.927. The number of rotatable bonds is 4. The first-order chi connectivity index (χ1) is 12.0. The molecule has 6 heteroatoms. The fourth-order valence-corrected chi connectivity index (χ4v) is 3.16. The Kier molecular flexibility index (Phi) is 4.88. The summed E-state index contributed by atoms with van der Waals surface area (Å²) in [6.07, 6.45) is 1.47. The molecule has 1 N–H and O–H groups in total. The van der Waals surface area contributed by atoms with E-state index in [4.69, 9.17) is 4.52 Å². The monoisotopic (exact) mass is 341 g/mol. The van der Waals surface area contributed by atoms with Gasteiger partial charge in [0.1, 0.15) is 11.6 Å². The lowest BCUT2D eigenvalue weighted by Gasteiger charge is -2.32. The summed E-state index contributed by atoms with van der Waals surface area (Å²) in [7, 11) is 0. The van der Waals surface area contributed by atoms with Crippen LogP contribution < -0.4 is 10.2 Å². The summed E-state index contributed by atoms with van der Waals surface area (Å²) in [6, 6.07) is 9.00. The second-order valence-corrected chi connectivity index (χ2v) is 6.66. The normalized spacial score (nSPS) is 17.8. The van der Waals surface area contributed by atoms with Crippen molar-refractivity contribution in [3.63, 3.8) is 0 Å². The van der Waals surface area contributed by atoms with Gasteiger partial charge in [-0.25, -0.2) is 0 Å². The Balaban J connectivity index is 1.78. The third-order valence-electron chi connectivity index (χ3n) is 4.45. The van der Waals surface area contributed by atoms with Crippen LogP contribution in [0, 0.1) is 6.92 Å². The van der Waals surface area contributed by atoms with Crippen molar-refractivity contribution in [1.82, 2.24) is 10.5 Å². The number of hydrogen-bond donors (Lipinski definition) is 1. The Morgan fingerprint density at radius 1 is 1.32 bits per heavy atom. The molecule has 132 valence electrons. The molecule has 1 aliphatic rings. The zero-order valence-corrected chi connectivity index (χ0v) is 14.8. The highest BCUT2D eigenvalue weighted by atomic mass is 16.5. The Bertz CT molecular complexity index is 767. The fraction of sp³-hybridized carbons (Fsp3) is 0.421. The maximum absolute atomic E-state index is 12.8. The second kappa shape index (κ2) is 7.09. The SMILES string of the molecule is Cc1noc(C(C)C)c1C(=O)N[C@@H]1CCCN(c2ccccc2)C1=O. The van der Waals surface area contributed by atoms with Gasteiger partial charge in [-0.15, -0.1) is 0 Å². The Morgan fingerprint density at radius 2 is 2.04 bits per heavy atom. The van der Waals surface area contributed by atoms with E-state index in [2.05, 4.69) is 10.5 Å². The van der Waals surface area contributed by atoms with Crippen LogP contribution in [0.2, 0.25) is 0 Å². The molecule has 0 aliphatic carbocycles. The molecule has 1 atom stereocenters. The van der Waals surface area contributed by atoms with Crippen molar-refractivity contribution in [2.75, 3.05) is 11.4 Å². The number of anilines is 1. The lowest BCUT2D eigenvalue weighted by Crippen LogP contribution is -2.52. The molecule has 0 bridgehead atoms. The second-order valence-electron chi connectivity index (χ2n) is 6.66. The van der Waals surface area contributed by atoms with E-state index >= 15 is 0 Å². The number of amides is 2. The van der Waals surface area contributed by atoms with E-state index in [1.54, 1.807) is 11.8 Å². The van der Waals surface area contributed by atoms with Gasteiger partial charge in [-0.05, 0) is 31.9 Å². The van der Waals surface area contributed by atoms with Crippen molar-refractivity contribution in [1.29, 1.82) is 0 Å². The minimum Gasteiger partial charge on any atom is -0.360 e. The van der Waals surface area contributed by atoms with E-state index in [1.165, 1.54) is 0 Å². The molecular weight excluding hydrogens is 318 g/mol. The summed E-state index contributed by atoms with van der Waals surface area (Å²) < 4.78 is 5.28. The Morgan fingerprint density at radius 3 is 2.72 bits per heavy atom. The minimum atomic E-state index is -0.532. The van der Waals surface area contributed by atoms with Crippen molar-refractivity contribution in [2.45, 2.75) is 45.6 Å². The molecule has 1 fully saturated rings. The van der Waals surface area contributed by atoms with E-state index in [-0.39, 0.29) is 17.7 Å². The van der Waals surface area contributed by atoms with Gasteiger partial charge in [-0.1, -0.05) is 37.2 Å². The standard InChI is InChI=1S/C19H23N3O3/c1-12(2)17-16(13(3)21-25-17)18(23)20-15-10-7-11-22(19(15)24)14-8-5-4-6-9-14/h4-6,8-9,12,15H,7,10-11H2,1-3H3,(H,20,23)/t15-/m1/s1. The van der Waals surface area contributed by atoms with Gasteiger partial charge >= 0.3 is 0 Å². The number of carbonyl (C=O) groups is 2. The van der Waals surface area contributed by atoms with Crippen molar-refractivity contribution in [2.24, 2.45) is 0 Å². The first-order valence-electron chi connectivity index (χ1n) is 8.62. The number of para-hydroxylation sites is 1. The zero-order chi connectivity index (χ0) is 18.0. The molecule has 1 aromatic heterocycles. The van der Waals surface area contributed by atoms with Crippen molar-refractivity contribution in [3.8, 4) is 0 Å². The van der Waals surface area contributed by atoms with Gasteiger partial charge in [0.25, 0.3) is 5.91 Å². The van der Waals surface area contributed by atoms with Crippen LogP contribution in [0.5, 0.6) is 0 Å². The summed E-state index contributed by atoms with van der Waals surface area (Å²) >= 11 is 0. The summed E-state index contributed by atoms with van der Waals surface area (Å²) in [5.41, 5.74) is 1.85. The fourth-order valence-electron chi connectivity index (χ4n) is 3.16. The first-order valence-corrected chi connectivity index (χ1v) is 8.62. The molecule has 0 spiro atoms. The van der Waals surface area contributed by atoms with Crippen LogP contribution in [0.15, 0.2) is 34.9 Å². The highest BCUT2D eigenvalue weighted by Gasteiger charge is 2.32. The number of benzene rings is 1. The van der Waals surface area contributed by atoms with Crippen molar-refractivity contribution in [3.05, 3.63) is 47.3 Å². The van der Waals surface area contributed by atoms with Gasteiger partial charge in [0.2, 0.25) is 5.91 Å². The molecule has 2 aromatic rings. The maximum Gasteiger partial charge on any atom is 0.257 e. The van der Waals surface area contributed by atoms with Crippen LogP contribution in [0.4, 0.5) is 5.69 Å². The molecule has 0 saturated carbocycles. The average molecular weight is 341 g/mol. The molecule has 2 amide bonds. The maximum atomic E-state index is 12.8. The molecule has 1 aromatic carbocycles. The Labute approximate surface area is 147 Å². The number of aryl methyl sites for hydroxylation is 1. The van der Waals surface area contributed by atoms with E-state index in [0.29, 0.717) is 30.0 Å². The van der Waals surface area contributed by atoms with Crippen LogP contribution in [0.1, 0.15) is 54.4 Å². The predicted octanol–water partition coefficient (Wildman–Crippen LogP) is 3.03. The van der Waals surface area contributed by atoms with Crippen LogP contribution in [-0.4, -0.2) is 29.6 Å². The molecular formula is C19H23N3O3. The third kappa shape index (κ3) is 3.43. The summed E-state index contributed by atoms with van der Waals surface area (Å²) in [6.45, 7) is 6.29. The number of piperidine rings is 1. The third-order valence-corrected chi connectivity index (χ3v) is 4.45. The summed E-state index contributed by atoms with van der Waals surface area (Å²) in [5, 5.41) is 6.78. The minimum absolute atomic E-state index is 0.0461. The van der Waals surface area contributed by atoms with Crippen LogP contribution in [0.25, 0.3) is 0 Å². The molecule has 1 saturated heterocycles. The molecule has 6 nitrogen and oxygen atoms in total.